The van der Waals surface area contributed by atoms with Gasteiger partial charge < -0.3 is 4.90 Å². The smallest absolute Gasteiger partial charge is 0.108 e. The number of nitrogens with zero attached hydrogens (tertiary/aromatic N) is 2. The van der Waals surface area contributed by atoms with Crippen LogP contribution in [0.15, 0.2) is 17.5 Å². The van der Waals surface area contributed by atoms with Crippen LogP contribution < -0.4 is 5.32 Å². The normalized spacial score (nSPS) is 24.8. The minimum Gasteiger partial charge on any atom is -0.303 e. The first-order valence-corrected chi connectivity index (χ1v) is 8.07. The molecule has 1 unspecified atom stereocenters. The summed E-state index contributed by atoms with van der Waals surface area (Å²) in [6, 6.07) is 6.74. The van der Waals surface area contributed by atoms with Crippen molar-refractivity contribution in [3.8, 4) is 6.07 Å². The van der Waals surface area contributed by atoms with Gasteiger partial charge >= 0.3 is 0 Å². The number of thiophene rings is 1. The minimum atomic E-state index is -0.327. The Kier molecular flexibility index (Phi) is 5.38. The SMILES string of the molecule is CCCN1CCCC(C#N)(NCc2cccs2)CC1. The van der Waals surface area contributed by atoms with E-state index in [1.807, 2.05) is 0 Å². The zero-order valence-electron chi connectivity index (χ0n) is 11.7. The van der Waals surface area contributed by atoms with Crippen LogP contribution in [0.3, 0.4) is 0 Å². The number of hydrogen-bond acceptors (Lipinski definition) is 4. The lowest BCUT2D eigenvalue weighted by molar-refractivity contribution is 0.276. The highest BCUT2D eigenvalue weighted by Crippen LogP contribution is 2.23. The molecule has 0 aromatic carbocycles. The summed E-state index contributed by atoms with van der Waals surface area (Å²) in [6.45, 7) is 6.37. The molecule has 4 heteroatoms. The molecule has 0 aliphatic carbocycles. The van der Waals surface area contributed by atoms with Crippen molar-refractivity contribution in [1.29, 1.82) is 5.26 Å². The van der Waals surface area contributed by atoms with E-state index in [-0.39, 0.29) is 5.54 Å². The Bertz CT molecular complexity index is 410. The van der Waals surface area contributed by atoms with Gasteiger partial charge in [0.1, 0.15) is 5.54 Å². The first-order chi connectivity index (χ1) is 9.28. The molecule has 1 fully saturated rings. The molecule has 1 aromatic heterocycles. The van der Waals surface area contributed by atoms with Crippen molar-refractivity contribution in [2.75, 3.05) is 19.6 Å². The molecule has 19 heavy (non-hydrogen) atoms. The number of hydrogen-bond donors (Lipinski definition) is 1. The molecule has 0 spiro atoms. The van der Waals surface area contributed by atoms with Gasteiger partial charge in [-0.15, -0.1) is 11.3 Å². The average molecular weight is 277 g/mol. The van der Waals surface area contributed by atoms with E-state index in [4.69, 9.17) is 0 Å². The zero-order chi connectivity index (χ0) is 13.6. The lowest BCUT2D eigenvalue weighted by Crippen LogP contribution is -2.44. The molecule has 1 saturated heterocycles. The number of likely N-dealkylation sites (tertiary alicyclic amines) is 1. The third-order valence-corrected chi connectivity index (χ3v) is 4.74. The Morgan fingerprint density at radius 2 is 2.37 bits per heavy atom. The maximum atomic E-state index is 9.58. The zero-order valence-corrected chi connectivity index (χ0v) is 12.5. The van der Waals surface area contributed by atoms with Gasteiger partial charge in [0.15, 0.2) is 0 Å². The molecular weight excluding hydrogens is 254 g/mol. The topological polar surface area (TPSA) is 39.1 Å². The average Bonchev–Trinajstić information content (AvgIpc) is 2.87. The van der Waals surface area contributed by atoms with Crippen molar-refractivity contribution in [3.63, 3.8) is 0 Å². The summed E-state index contributed by atoms with van der Waals surface area (Å²) in [5.41, 5.74) is -0.327. The Morgan fingerprint density at radius 1 is 1.47 bits per heavy atom. The molecule has 104 valence electrons. The molecule has 2 rings (SSSR count). The standard InChI is InChI=1S/C15H23N3S/c1-2-8-18-9-4-6-15(13-16,7-10-18)17-12-14-5-3-11-19-14/h3,5,11,17H,2,4,6-10,12H2,1H3. The molecule has 0 radical (unpaired) electrons. The van der Waals surface area contributed by atoms with Crippen molar-refractivity contribution in [2.24, 2.45) is 0 Å². The van der Waals surface area contributed by atoms with Gasteiger partial charge in [0.05, 0.1) is 6.07 Å². The Labute approximate surface area is 120 Å². The minimum absolute atomic E-state index is 0.327. The first kappa shape index (κ1) is 14.5. The van der Waals surface area contributed by atoms with Crippen molar-refractivity contribution in [3.05, 3.63) is 22.4 Å². The highest BCUT2D eigenvalue weighted by atomic mass is 32.1. The lowest BCUT2D eigenvalue weighted by Gasteiger charge is -2.26. The molecular formula is C15H23N3S. The predicted molar refractivity (Wildman–Crippen MR) is 80.1 cm³/mol. The van der Waals surface area contributed by atoms with E-state index >= 15 is 0 Å². The quantitative estimate of drug-likeness (QED) is 0.899. The van der Waals surface area contributed by atoms with Crippen molar-refractivity contribution < 1.29 is 0 Å². The van der Waals surface area contributed by atoms with Crippen LogP contribution in [0.5, 0.6) is 0 Å². The first-order valence-electron chi connectivity index (χ1n) is 7.19. The fourth-order valence-corrected chi connectivity index (χ4v) is 3.37. The second kappa shape index (κ2) is 7.04. The summed E-state index contributed by atoms with van der Waals surface area (Å²) in [4.78, 5) is 3.80. The molecule has 1 aliphatic rings. The van der Waals surface area contributed by atoms with Crippen LogP contribution in [0.2, 0.25) is 0 Å². The van der Waals surface area contributed by atoms with Crippen LogP contribution in [-0.4, -0.2) is 30.1 Å². The van der Waals surface area contributed by atoms with Gasteiger partial charge in [-0.2, -0.15) is 5.26 Å². The van der Waals surface area contributed by atoms with Crippen molar-refractivity contribution in [1.82, 2.24) is 10.2 Å². The van der Waals surface area contributed by atoms with Crippen molar-refractivity contribution in [2.45, 2.75) is 44.7 Å². The van der Waals surface area contributed by atoms with Crippen LogP contribution in [0.4, 0.5) is 0 Å². The Hall–Kier alpha value is -0.890. The molecule has 1 atom stereocenters. The molecule has 1 N–H and O–H groups in total. The summed E-state index contributed by atoms with van der Waals surface area (Å²) in [7, 11) is 0. The van der Waals surface area contributed by atoms with Gasteiger partial charge in [-0.1, -0.05) is 13.0 Å². The number of rotatable bonds is 5. The second-order valence-electron chi connectivity index (χ2n) is 5.32. The van der Waals surface area contributed by atoms with Crippen LogP contribution >= 0.6 is 11.3 Å². The summed E-state index contributed by atoms with van der Waals surface area (Å²) in [5, 5.41) is 15.2. The van der Waals surface area contributed by atoms with Gasteiger partial charge in [0.25, 0.3) is 0 Å². The second-order valence-corrected chi connectivity index (χ2v) is 6.35. The van der Waals surface area contributed by atoms with E-state index in [0.29, 0.717) is 0 Å². The summed E-state index contributed by atoms with van der Waals surface area (Å²) < 4.78 is 0. The maximum absolute atomic E-state index is 9.58. The largest absolute Gasteiger partial charge is 0.303 e. The van der Waals surface area contributed by atoms with E-state index in [1.165, 1.54) is 11.3 Å². The van der Waals surface area contributed by atoms with Gasteiger partial charge in [0, 0.05) is 18.0 Å². The molecule has 0 bridgehead atoms. The molecule has 3 nitrogen and oxygen atoms in total. The Balaban J connectivity index is 1.92. The van der Waals surface area contributed by atoms with E-state index < -0.39 is 0 Å². The fourth-order valence-electron chi connectivity index (χ4n) is 2.73. The molecule has 0 saturated carbocycles. The van der Waals surface area contributed by atoms with Gasteiger partial charge in [-0.05, 0) is 50.2 Å². The summed E-state index contributed by atoms with van der Waals surface area (Å²) in [5.74, 6) is 0. The van der Waals surface area contributed by atoms with E-state index in [0.717, 1.165) is 45.4 Å². The maximum Gasteiger partial charge on any atom is 0.108 e. The number of nitriles is 1. The number of nitrogens with one attached hydrogen (secondary N) is 1. The molecule has 1 aliphatic heterocycles. The van der Waals surface area contributed by atoms with E-state index in [9.17, 15) is 5.26 Å². The van der Waals surface area contributed by atoms with Crippen LogP contribution in [0.1, 0.15) is 37.5 Å². The molecule has 0 amide bonds. The Morgan fingerprint density at radius 3 is 3.05 bits per heavy atom. The third-order valence-electron chi connectivity index (χ3n) is 3.87. The van der Waals surface area contributed by atoms with Gasteiger partial charge in [-0.25, -0.2) is 0 Å². The monoisotopic (exact) mass is 277 g/mol. The van der Waals surface area contributed by atoms with Crippen LogP contribution in [-0.2, 0) is 6.54 Å². The fraction of sp³-hybridized carbons (Fsp3) is 0.667. The molecule has 2 heterocycles. The highest BCUT2D eigenvalue weighted by molar-refractivity contribution is 7.09. The lowest BCUT2D eigenvalue weighted by atomic mass is 9.92. The van der Waals surface area contributed by atoms with E-state index in [1.54, 1.807) is 11.3 Å². The van der Waals surface area contributed by atoms with Crippen molar-refractivity contribution >= 4 is 11.3 Å². The third kappa shape index (κ3) is 4.04. The van der Waals surface area contributed by atoms with Gasteiger partial charge in [-0.3, -0.25) is 5.32 Å². The summed E-state index contributed by atoms with van der Waals surface area (Å²) in [6.07, 6.45) is 4.22. The summed E-state index contributed by atoms with van der Waals surface area (Å²) >= 11 is 1.75. The predicted octanol–water partition coefficient (Wildman–Crippen LogP) is 3.00. The van der Waals surface area contributed by atoms with Crippen LogP contribution in [0.25, 0.3) is 0 Å². The highest BCUT2D eigenvalue weighted by Gasteiger charge is 2.31. The van der Waals surface area contributed by atoms with Crippen LogP contribution in [0, 0.1) is 11.3 Å². The molecule has 1 aromatic rings. The van der Waals surface area contributed by atoms with Gasteiger partial charge in [0.2, 0.25) is 0 Å². The van der Waals surface area contributed by atoms with E-state index in [2.05, 4.69) is 40.7 Å².